The van der Waals surface area contributed by atoms with Gasteiger partial charge in [-0.15, -0.1) is 0 Å². The molecule has 17 heavy (non-hydrogen) atoms. The van der Waals surface area contributed by atoms with Gasteiger partial charge >= 0.3 is 0 Å². The molecule has 0 N–H and O–H groups in total. The van der Waals surface area contributed by atoms with Crippen molar-refractivity contribution in [1.29, 1.82) is 0 Å². The van der Waals surface area contributed by atoms with E-state index in [1.165, 1.54) is 0 Å². The Morgan fingerprint density at radius 3 is 2.65 bits per heavy atom. The molecule has 1 aromatic rings. The molecule has 0 aromatic heterocycles. The van der Waals surface area contributed by atoms with E-state index in [4.69, 9.17) is 4.74 Å². The zero-order chi connectivity index (χ0) is 12.4. The zero-order valence-electron chi connectivity index (χ0n) is 10.1. The monoisotopic (exact) mass is 297 g/mol. The van der Waals surface area contributed by atoms with Crippen LogP contribution in [0.4, 0.5) is 0 Å². The maximum absolute atomic E-state index is 12.2. The topological polar surface area (TPSA) is 29.5 Å². The Bertz CT molecular complexity index is 427. The number of rotatable bonds is 3. The van der Waals surface area contributed by atoms with E-state index in [2.05, 4.69) is 15.9 Å². The normalized spacial score (nSPS) is 14.7. The maximum atomic E-state index is 12.2. The Labute approximate surface area is 110 Å². The summed E-state index contributed by atoms with van der Waals surface area (Å²) in [6, 6.07) is 5.55. The standard InChI is InChI=1S/C13H16BrNO2/c1-9(2)17-12-8-10(14)4-5-11(12)13(16)15-6-3-7-15/h4-5,8-9H,3,6-7H2,1-2H3. The van der Waals surface area contributed by atoms with Crippen molar-refractivity contribution < 1.29 is 9.53 Å². The second-order valence-corrected chi connectivity index (χ2v) is 5.37. The molecular weight excluding hydrogens is 282 g/mol. The van der Waals surface area contributed by atoms with Crippen molar-refractivity contribution in [1.82, 2.24) is 4.90 Å². The molecule has 0 atom stereocenters. The highest BCUT2D eigenvalue weighted by Gasteiger charge is 2.24. The molecular formula is C13H16BrNO2. The fourth-order valence-corrected chi connectivity index (χ4v) is 2.05. The lowest BCUT2D eigenvalue weighted by Gasteiger charge is -2.31. The Kier molecular flexibility index (Phi) is 3.72. The van der Waals surface area contributed by atoms with Crippen LogP contribution < -0.4 is 4.74 Å². The Hall–Kier alpha value is -1.03. The minimum atomic E-state index is 0.0623. The number of hydrogen-bond acceptors (Lipinski definition) is 2. The SMILES string of the molecule is CC(C)Oc1cc(Br)ccc1C(=O)N1CCC1. The number of ether oxygens (including phenoxy) is 1. The molecule has 0 spiro atoms. The molecule has 0 saturated carbocycles. The van der Waals surface area contributed by atoms with Crippen LogP contribution in [0.25, 0.3) is 0 Å². The molecule has 3 nitrogen and oxygen atoms in total. The van der Waals surface area contributed by atoms with Crippen LogP contribution in [-0.2, 0) is 0 Å². The molecule has 2 rings (SSSR count). The zero-order valence-corrected chi connectivity index (χ0v) is 11.7. The molecule has 1 aliphatic rings. The first-order valence-electron chi connectivity index (χ1n) is 5.83. The third-order valence-electron chi connectivity index (χ3n) is 2.68. The van der Waals surface area contributed by atoms with Gasteiger partial charge in [0.25, 0.3) is 5.91 Å². The predicted molar refractivity (Wildman–Crippen MR) is 70.4 cm³/mol. The van der Waals surface area contributed by atoms with E-state index in [0.717, 1.165) is 24.0 Å². The van der Waals surface area contributed by atoms with Gasteiger partial charge in [0.15, 0.2) is 0 Å². The summed E-state index contributed by atoms with van der Waals surface area (Å²) in [5, 5.41) is 0. The van der Waals surface area contributed by atoms with Gasteiger partial charge in [0, 0.05) is 17.6 Å². The van der Waals surface area contributed by atoms with Crippen molar-refractivity contribution >= 4 is 21.8 Å². The van der Waals surface area contributed by atoms with Gasteiger partial charge in [-0.05, 0) is 38.5 Å². The van der Waals surface area contributed by atoms with Gasteiger partial charge in [-0.25, -0.2) is 0 Å². The minimum Gasteiger partial charge on any atom is -0.490 e. The number of halogens is 1. The quantitative estimate of drug-likeness (QED) is 0.858. The Morgan fingerprint density at radius 1 is 1.41 bits per heavy atom. The second kappa shape index (κ2) is 5.08. The molecule has 92 valence electrons. The number of hydrogen-bond donors (Lipinski definition) is 0. The highest BCUT2D eigenvalue weighted by atomic mass is 79.9. The molecule has 0 bridgehead atoms. The van der Waals surface area contributed by atoms with Gasteiger partial charge in [-0.3, -0.25) is 4.79 Å². The van der Waals surface area contributed by atoms with Crippen LogP contribution >= 0.6 is 15.9 Å². The van der Waals surface area contributed by atoms with E-state index < -0.39 is 0 Å². The van der Waals surface area contributed by atoms with E-state index in [1.807, 2.05) is 36.9 Å². The van der Waals surface area contributed by atoms with E-state index in [-0.39, 0.29) is 12.0 Å². The number of carbonyl (C=O) groups is 1. The van der Waals surface area contributed by atoms with Crippen LogP contribution in [0.2, 0.25) is 0 Å². The second-order valence-electron chi connectivity index (χ2n) is 4.45. The van der Waals surface area contributed by atoms with Gasteiger partial charge in [-0.2, -0.15) is 0 Å². The van der Waals surface area contributed by atoms with Crippen LogP contribution in [0.15, 0.2) is 22.7 Å². The fourth-order valence-electron chi connectivity index (χ4n) is 1.71. The lowest BCUT2D eigenvalue weighted by Crippen LogP contribution is -2.42. The van der Waals surface area contributed by atoms with Crippen molar-refractivity contribution in [2.24, 2.45) is 0 Å². The van der Waals surface area contributed by atoms with Crippen LogP contribution in [0, 0.1) is 0 Å². The van der Waals surface area contributed by atoms with Crippen molar-refractivity contribution in [3.8, 4) is 5.75 Å². The molecule has 0 aliphatic carbocycles. The average molecular weight is 298 g/mol. The molecule has 4 heteroatoms. The van der Waals surface area contributed by atoms with Crippen molar-refractivity contribution in [2.45, 2.75) is 26.4 Å². The van der Waals surface area contributed by atoms with E-state index in [0.29, 0.717) is 11.3 Å². The van der Waals surface area contributed by atoms with Crippen molar-refractivity contribution in [2.75, 3.05) is 13.1 Å². The summed E-state index contributed by atoms with van der Waals surface area (Å²) in [5.74, 6) is 0.727. The highest BCUT2D eigenvalue weighted by Crippen LogP contribution is 2.27. The third-order valence-corrected chi connectivity index (χ3v) is 3.17. The summed E-state index contributed by atoms with van der Waals surface area (Å²) in [5.41, 5.74) is 0.654. The van der Waals surface area contributed by atoms with Crippen LogP contribution in [-0.4, -0.2) is 30.0 Å². The highest BCUT2D eigenvalue weighted by molar-refractivity contribution is 9.10. The number of amides is 1. The first-order chi connectivity index (χ1) is 8.08. The predicted octanol–water partition coefficient (Wildman–Crippen LogP) is 3.08. The minimum absolute atomic E-state index is 0.0623. The van der Waals surface area contributed by atoms with E-state index >= 15 is 0 Å². The van der Waals surface area contributed by atoms with E-state index in [1.54, 1.807) is 0 Å². The molecule has 1 aliphatic heterocycles. The Morgan fingerprint density at radius 2 is 2.12 bits per heavy atom. The number of benzene rings is 1. The fraction of sp³-hybridized carbons (Fsp3) is 0.462. The molecule has 1 amide bonds. The summed E-state index contributed by atoms with van der Waals surface area (Å²) in [6.45, 7) is 5.63. The van der Waals surface area contributed by atoms with Crippen LogP contribution in [0.5, 0.6) is 5.75 Å². The van der Waals surface area contributed by atoms with Crippen LogP contribution in [0.3, 0.4) is 0 Å². The Balaban J connectivity index is 2.27. The summed E-state index contributed by atoms with van der Waals surface area (Å²) < 4.78 is 6.61. The molecule has 1 saturated heterocycles. The van der Waals surface area contributed by atoms with Gasteiger partial charge in [0.05, 0.1) is 11.7 Å². The van der Waals surface area contributed by atoms with Gasteiger partial charge in [-0.1, -0.05) is 15.9 Å². The van der Waals surface area contributed by atoms with Crippen molar-refractivity contribution in [3.05, 3.63) is 28.2 Å². The summed E-state index contributed by atoms with van der Waals surface area (Å²) in [7, 11) is 0. The number of nitrogens with zero attached hydrogens (tertiary/aromatic N) is 1. The molecule has 1 aromatic carbocycles. The van der Waals surface area contributed by atoms with Crippen molar-refractivity contribution in [3.63, 3.8) is 0 Å². The largest absolute Gasteiger partial charge is 0.490 e. The first-order valence-corrected chi connectivity index (χ1v) is 6.62. The van der Waals surface area contributed by atoms with Gasteiger partial charge < -0.3 is 9.64 Å². The third kappa shape index (κ3) is 2.80. The first kappa shape index (κ1) is 12.4. The molecule has 1 fully saturated rings. The summed E-state index contributed by atoms with van der Waals surface area (Å²) in [4.78, 5) is 14.0. The maximum Gasteiger partial charge on any atom is 0.257 e. The number of carbonyl (C=O) groups excluding carboxylic acids is 1. The van der Waals surface area contributed by atoms with Gasteiger partial charge in [0.1, 0.15) is 5.75 Å². The molecule has 0 unspecified atom stereocenters. The van der Waals surface area contributed by atoms with E-state index in [9.17, 15) is 4.79 Å². The number of likely N-dealkylation sites (tertiary alicyclic amines) is 1. The molecule has 1 heterocycles. The average Bonchev–Trinajstić information content (AvgIpc) is 2.13. The van der Waals surface area contributed by atoms with Gasteiger partial charge in [0.2, 0.25) is 0 Å². The summed E-state index contributed by atoms with van der Waals surface area (Å²) >= 11 is 3.40. The molecule has 0 radical (unpaired) electrons. The smallest absolute Gasteiger partial charge is 0.257 e. The summed E-state index contributed by atoms with van der Waals surface area (Å²) in [6.07, 6.45) is 1.16. The lowest BCUT2D eigenvalue weighted by molar-refractivity contribution is 0.0645. The lowest BCUT2D eigenvalue weighted by atomic mass is 10.1. The van der Waals surface area contributed by atoms with Crippen LogP contribution in [0.1, 0.15) is 30.6 Å².